The molecular formula is C16H18BrNO3. The highest BCUT2D eigenvalue weighted by Gasteiger charge is 2.13. The van der Waals surface area contributed by atoms with Gasteiger partial charge in [-0.1, -0.05) is 15.9 Å². The van der Waals surface area contributed by atoms with Crippen LogP contribution in [-0.4, -0.2) is 30.0 Å². The molecule has 5 heteroatoms. The Hall–Kier alpha value is -1.62. The molecule has 0 radical (unpaired) electrons. The van der Waals surface area contributed by atoms with Crippen LogP contribution >= 0.6 is 15.9 Å². The molecule has 2 aromatic rings. The molecule has 0 bridgehead atoms. The van der Waals surface area contributed by atoms with Crippen LogP contribution in [0.1, 0.15) is 29.4 Å². The topological polar surface area (TPSA) is 48.4 Å². The highest BCUT2D eigenvalue weighted by atomic mass is 79.9. The van der Waals surface area contributed by atoms with Gasteiger partial charge in [-0.15, -0.1) is 0 Å². The second kappa shape index (κ2) is 7.41. The number of alkyl halides is 1. The molecule has 0 amide bonds. The first-order chi connectivity index (χ1) is 10.2. The summed E-state index contributed by atoms with van der Waals surface area (Å²) >= 11 is 3.44. The van der Waals surface area contributed by atoms with E-state index in [1.807, 2.05) is 24.3 Å². The predicted octanol–water partition coefficient (Wildman–Crippen LogP) is 3.75. The molecule has 1 heterocycles. The fraction of sp³-hybridized carbons (Fsp3) is 0.375. The van der Waals surface area contributed by atoms with E-state index in [-0.39, 0.29) is 5.97 Å². The molecule has 1 aromatic carbocycles. The van der Waals surface area contributed by atoms with Crippen LogP contribution in [0.4, 0.5) is 0 Å². The van der Waals surface area contributed by atoms with Crippen LogP contribution in [0, 0.1) is 0 Å². The number of esters is 1. The van der Waals surface area contributed by atoms with Gasteiger partial charge in [-0.3, -0.25) is 0 Å². The lowest BCUT2D eigenvalue weighted by molar-refractivity contribution is 0.0520. The fourth-order valence-corrected chi connectivity index (χ4v) is 2.46. The van der Waals surface area contributed by atoms with Crippen molar-refractivity contribution in [3.05, 3.63) is 35.5 Å². The molecule has 0 N–H and O–H groups in total. The number of aromatic nitrogens is 1. The Morgan fingerprint density at radius 3 is 2.81 bits per heavy atom. The molecule has 0 fully saturated rings. The monoisotopic (exact) mass is 351 g/mol. The minimum atomic E-state index is -0.379. The van der Waals surface area contributed by atoms with Crippen molar-refractivity contribution in [3.8, 4) is 5.75 Å². The molecule has 0 unspecified atom stereocenters. The van der Waals surface area contributed by atoms with E-state index in [0.29, 0.717) is 12.3 Å². The predicted molar refractivity (Wildman–Crippen MR) is 86.4 cm³/mol. The van der Waals surface area contributed by atoms with Crippen molar-refractivity contribution < 1.29 is 14.3 Å². The SMILES string of the molecule is CCOC(=O)c1cc(CCCBr)c2cc(OC)ccc2n1. The smallest absolute Gasteiger partial charge is 0.356 e. The number of hydrogen-bond donors (Lipinski definition) is 0. The van der Waals surface area contributed by atoms with Crippen LogP contribution < -0.4 is 4.74 Å². The van der Waals surface area contributed by atoms with E-state index in [4.69, 9.17) is 9.47 Å². The summed E-state index contributed by atoms with van der Waals surface area (Å²) in [6, 6.07) is 7.50. The zero-order chi connectivity index (χ0) is 15.2. The Kier molecular flexibility index (Phi) is 5.56. The zero-order valence-corrected chi connectivity index (χ0v) is 13.8. The molecule has 4 nitrogen and oxygen atoms in total. The van der Waals surface area contributed by atoms with Gasteiger partial charge in [-0.05, 0) is 49.6 Å². The summed E-state index contributed by atoms with van der Waals surface area (Å²) in [6.07, 6.45) is 1.85. The minimum Gasteiger partial charge on any atom is -0.497 e. The summed E-state index contributed by atoms with van der Waals surface area (Å²) in [6.45, 7) is 2.13. The van der Waals surface area contributed by atoms with Gasteiger partial charge in [0.05, 0.1) is 19.2 Å². The van der Waals surface area contributed by atoms with E-state index in [2.05, 4.69) is 20.9 Å². The molecular weight excluding hydrogens is 334 g/mol. The maximum absolute atomic E-state index is 11.9. The van der Waals surface area contributed by atoms with E-state index in [1.54, 1.807) is 14.0 Å². The molecule has 112 valence electrons. The van der Waals surface area contributed by atoms with Crippen LogP contribution in [-0.2, 0) is 11.2 Å². The number of aryl methyl sites for hydroxylation is 1. The molecule has 0 aliphatic carbocycles. The van der Waals surface area contributed by atoms with Gasteiger partial charge >= 0.3 is 5.97 Å². The normalized spacial score (nSPS) is 10.6. The van der Waals surface area contributed by atoms with E-state index >= 15 is 0 Å². The number of nitrogens with zero attached hydrogens (tertiary/aromatic N) is 1. The summed E-state index contributed by atoms with van der Waals surface area (Å²) in [7, 11) is 1.64. The first kappa shape index (κ1) is 15.8. The van der Waals surface area contributed by atoms with E-state index < -0.39 is 0 Å². The van der Waals surface area contributed by atoms with Crippen LogP contribution in [0.15, 0.2) is 24.3 Å². The van der Waals surface area contributed by atoms with Gasteiger partial charge in [0, 0.05) is 10.7 Å². The molecule has 2 rings (SSSR count). The lowest BCUT2D eigenvalue weighted by atomic mass is 10.0. The van der Waals surface area contributed by atoms with E-state index in [9.17, 15) is 4.79 Å². The summed E-state index contributed by atoms with van der Waals surface area (Å²) in [5.74, 6) is 0.406. The number of ether oxygens (including phenoxy) is 2. The van der Waals surface area contributed by atoms with Crippen molar-refractivity contribution in [2.75, 3.05) is 19.0 Å². The van der Waals surface area contributed by atoms with Crippen molar-refractivity contribution in [1.29, 1.82) is 0 Å². The fourth-order valence-electron chi connectivity index (χ4n) is 2.18. The van der Waals surface area contributed by atoms with Crippen LogP contribution in [0.5, 0.6) is 5.75 Å². The van der Waals surface area contributed by atoms with Gasteiger partial charge in [0.15, 0.2) is 0 Å². The second-order valence-electron chi connectivity index (χ2n) is 4.56. The maximum Gasteiger partial charge on any atom is 0.356 e. The number of carbonyl (C=O) groups excluding carboxylic acids is 1. The van der Waals surface area contributed by atoms with Crippen LogP contribution in [0.3, 0.4) is 0 Å². The first-order valence-electron chi connectivity index (χ1n) is 6.90. The number of halogens is 1. The van der Waals surface area contributed by atoms with E-state index in [0.717, 1.165) is 40.4 Å². The Morgan fingerprint density at radius 1 is 1.33 bits per heavy atom. The summed E-state index contributed by atoms with van der Waals surface area (Å²) < 4.78 is 10.3. The molecule has 0 spiro atoms. The second-order valence-corrected chi connectivity index (χ2v) is 5.36. The van der Waals surface area contributed by atoms with E-state index in [1.165, 1.54) is 0 Å². The van der Waals surface area contributed by atoms with Crippen molar-refractivity contribution in [1.82, 2.24) is 4.98 Å². The van der Waals surface area contributed by atoms with Crippen LogP contribution in [0.25, 0.3) is 10.9 Å². The summed E-state index contributed by atoms with van der Waals surface area (Å²) in [4.78, 5) is 16.3. The molecule has 0 aliphatic heterocycles. The lowest BCUT2D eigenvalue weighted by Gasteiger charge is -2.10. The number of carbonyl (C=O) groups is 1. The number of pyridine rings is 1. The Balaban J connectivity index is 2.52. The minimum absolute atomic E-state index is 0.345. The third-order valence-corrected chi connectivity index (χ3v) is 3.73. The average Bonchev–Trinajstić information content (AvgIpc) is 2.52. The Labute approximate surface area is 132 Å². The third-order valence-electron chi connectivity index (χ3n) is 3.17. The van der Waals surface area contributed by atoms with Gasteiger partial charge in [-0.25, -0.2) is 9.78 Å². The molecule has 0 saturated carbocycles. The molecule has 0 saturated heterocycles. The maximum atomic E-state index is 11.9. The number of rotatable bonds is 6. The summed E-state index contributed by atoms with van der Waals surface area (Å²) in [5, 5.41) is 1.93. The van der Waals surface area contributed by atoms with Crippen LogP contribution in [0.2, 0.25) is 0 Å². The van der Waals surface area contributed by atoms with Crippen molar-refractivity contribution in [2.24, 2.45) is 0 Å². The number of fused-ring (bicyclic) bond motifs is 1. The van der Waals surface area contributed by atoms with Gasteiger partial charge < -0.3 is 9.47 Å². The zero-order valence-electron chi connectivity index (χ0n) is 12.2. The van der Waals surface area contributed by atoms with Gasteiger partial charge in [0.2, 0.25) is 0 Å². The number of benzene rings is 1. The Bertz CT molecular complexity index is 643. The highest BCUT2D eigenvalue weighted by molar-refractivity contribution is 9.09. The number of hydrogen-bond acceptors (Lipinski definition) is 4. The first-order valence-corrected chi connectivity index (χ1v) is 8.02. The largest absolute Gasteiger partial charge is 0.497 e. The Morgan fingerprint density at radius 2 is 2.14 bits per heavy atom. The molecule has 1 aromatic heterocycles. The van der Waals surface area contributed by atoms with Gasteiger partial charge in [0.1, 0.15) is 11.4 Å². The number of methoxy groups -OCH3 is 1. The van der Waals surface area contributed by atoms with Gasteiger partial charge in [0.25, 0.3) is 0 Å². The standard InChI is InChI=1S/C16H18BrNO3/c1-3-21-16(19)15-9-11(5-4-8-17)13-10-12(20-2)6-7-14(13)18-15/h6-7,9-10H,3-5,8H2,1-2H3. The summed E-state index contributed by atoms with van der Waals surface area (Å²) in [5.41, 5.74) is 2.23. The van der Waals surface area contributed by atoms with Crippen molar-refractivity contribution >= 4 is 32.8 Å². The average molecular weight is 352 g/mol. The molecule has 0 aliphatic rings. The third kappa shape index (κ3) is 3.73. The van der Waals surface area contributed by atoms with Gasteiger partial charge in [-0.2, -0.15) is 0 Å². The lowest BCUT2D eigenvalue weighted by Crippen LogP contribution is -2.08. The molecule has 21 heavy (non-hydrogen) atoms. The van der Waals surface area contributed by atoms with Crippen molar-refractivity contribution in [3.63, 3.8) is 0 Å². The quantitative estimate of drug-likeness (QED) is 0.587. The van der Waals surface area contributed by atoms with Crippen molar-refractivity contribution in [2.45, 2.75) is 19.8 Å². The molecule has 0 atom stereocenters. The highest BCUT2D eigenvalue weighted by Crippen LogP contribution is 2.25.